The van der Waals surface area contributed by atoms with Crippen molar-refractivity contribution in [1.29, 1.82) is 0 Å². The highest BCUT2D eigenvalue weighted by atomic mass is 15.1. The van der Waals surface area contributed by atoms with Gasteiger partial charge in [0.25, 0.3) is 0 Å². The van der Waals surface area contributed by atoms with Gasteiger partial charge in [-0.1, -0.05) is 81.5 Å². The lowest BCUT2D eigenvalue weighted by Gasteiger charge is -2.20. The minimum atomic E-state index is 0.884. The predicted molar refractivity (Wildman–Crippen MR) is 129 cm³/mol. The Morgan fingerprint density at radius 2 is 1.79 bits per heavy atom. The maximum atomic E-state index is 4.26. The van der Waals surface area contributed by atoms with Gasteiger partial charge < -0.3 is 4.90 Å². The van der Waals surface area contributed by atoms with Crippen LogP contribution in [0.3, 0.4) is 0 Å². The molecule has 0 saturated heterocycles. The van der Waals surface area contributed by atoms with Crippen molar-refractivity contribution < 1.29 is 0 Å². The smallest absolute Gasteiger partial charge is 0.0420 e. The summed E-state index contributed by atoms with van der Waals surface area (Å²) in [6.07, 6.45) is 16.0. The lowest BCUT2D eigenvalue weighted by molar-refractivity contribution is 0.448. The molecule has 0 radical (unpaired) electrons. The maximum absolute atomic E-state index is 4.26. The third-order valence-electron chi connectivity index (χ3n) is 5.64. The Hall–Kier alpha value is -2.28. The van der Waals surface area contributed by atoms with Crippen LogP contribution in [0, 0.1) is 5.92 Å². The second-order valence-electron chi connectivity index (χ2n) is 8.39. The molecule has 0 amide bonds. The molecule has 0 aliphatic heterocycles. The Morgan fingerprint density at radius 1 is 1.14 bits per heavy atom. The molecular formula is C28H39N. The van der Waals surface area contributed by atoms with E-state index in [1.165, 1.54) is 47.1 Å². The van der Waals surface area contributed by atoms with Crippen molar-refractivity contribution in [2.75, 3.05) is 7.05 Å². The Morgan fingerprint density at radius 3 is 2.34 bits per heavy atom. The number of unbranched alkanes of at least 4 members (excludes halogenated alkanes) is 1. The number of rotatable bonds is 12. The van der Waals surface area contributed by atoms with Crippen LogP contribution < -0.4 is 0 Å². The van der Waals surface area contributed by atoms with Crippen LogP contribution in [0.2, 0.25) is 0 Å². The molecule has 1 aromatic rings. The normalized spacial score (nSPS) is 15.4. The Kier molecular flexibility index (Phi) is 9.25. The lowest BCUT2D eigenvalue weighted by Crippen LogP contribution is -2.12. The molecule has 1 fully saturated rings. The molecule has 1 saturated carbocycles. The molecule has 0 N–H and O–H groups in total. The van der Waals surface area contributed by atoms with Crippen LogP contribution in [-0.4, -0.2) is 11.9 Å². The summed E-state index contributed by atoms with van der Waals surface area (Å²) in [6, 6.07) is 9.15. The van der Waals surface area contributed by atoms with Crippen LogP contribution in [0.15, 0.2) is 84.1 Å². The third kappa shape index (κ3) is 7.57. The average molecular weight is 390 g/mol. The van der Waals surface area contributed by atoms with Gasteiger partial charge in [0.15, 0.2) is 0 Å². The van der Waals surface area contributed by atoms with E-state index >= 15 is 0 Å². The van der Waals surface area contributed by atoms with Gasteiger partial charge in [0.1, 0.15) is 0 Å². The molecule has 1 aliphatic rings. The number of nitrogens with zero attached hydrogens (tertiary/aromatic N) is 1. The van der Waals surface area contributed by atoms with Crippen molar-refractivity contribution in [3.05, 3.63) is 95.3 Å². The largest absolute Gasteiger partial charge is 0.376 e. The molecule has 1 aromatic carbocycles. The fraction of sp³-hybridized carbons (Fsp3) is 0.429. The van der Waals surface area contributed by atoms with Crippen LogP contribution in [0.4, 0.5) is 0 Å². The highest BCUT2D eigenvalue weighted by Crippen LogP contribution is 2.32. The molecule has 29 heavy (non-hydrogen) atoms. The average Bonchev–Trinajstić information content (AvgIpc) is 3.54. The van der Waals surface area contributed by atoms with Crippen LogP contribution in [0.5, 0.6) is 0 Å². The molecule has 0 heterocycles. The minimum absolute atomic E-state index is 0.884. The van der Waals surface area contributed by atoms with Gasteiger partial charge in [-0.3, -0.25) is 0 Å². The molecule has 0 aromatic heterocycles. The second-order valence-corrected chi connectivity index (χ2v) is 8.39. The summed E-state index contributed by atoms with van der Waals surface area (Å²) in [6.45, 7) is 15.8. The summed E-state index contributed by atoms with van der Waals surface area (Å²) in [7, 11) is 2.14. The summed E-state index contributed by atoms with van der Waals surface area (Å²) in [5, 5.41) is 0. The van der Waals surface area contributed by atoms with E-state index in [0.717, 1.165) is 37.3 Å². The Bertz CT molecular complexity index is 769. The first-order valence-electron chi connectivity index (χ1n) is 11.2. The van der Waals surface area contributed by atoms with Gasteiger partial charge in [-0.2, -0.15) is 0 Å². The molecule has 0 bridgehead atoms. The van der Waals surface area contributed by atoms with Gasteiger partial charge in [0, 0.05) is 25.4 Å². The van der Waals surface area contributed by atoms with Gasteiger partial charge in [0.05, 0.1) is 0 Å². The van der Waals surface area contributed by atoms with Crippen molar-refractivity contribution in [1.82, 2.24) is 4.90 Å². The fourth-order valence-corrected chi connectivity index (χ4v) is 3.45. The quantitative estimate of drug-likeness (QED) is 0.330. The topological polar surface area (TPSA) is 3.24 Å². The molecular weight excluding hydrogens is 350 g/mol. The van der Waals surface area contributed by atoms with Crippen molar-refractivity contribution >= 4 is 0 Å². The molecule has 1 aliphatic carbocycles. The third-order valence-corrected chi connectivity index (χ3v) is 5.64. The summed E-state index contributed by atoms with van der Waals surface area (Å²) < 4.78 is 0. The maximum Gasteiger partial charge on any atom is 0.0420 e. The number of benzene rings is 1. The first-order chi connectivity index (χ1) is 14.0. The van der Waals surface area contributed by atoms with Gasteiger partial charge in [-0.05, 0) is 67.2 Å². The Labute approximate surface area is 179 Å². The molecule has 0 spiro atoms. The first-order valence-corrected chi connectivity index (χ1v) is 11.2. The zero-order chi connectivity index (χ0) is 21.2. The zero-order valence-corrected chi connectivity index (χ0v) is 19.0. The monoisotopic (exact) mass is 389 g/mol. The van der Waals surface area contributed by atoms with Crippen molar-refractivity contribution in [2.24, 2.45) is 5.92 Å². The fourth-order valence-electron chi connectivity index (χ4n) is 3.45. The Balaban J connectivity index is 2.20. The van der Waals surface area contributed by atoms with E-state index in [2.05, 4.69) is 88.5 Å². The summed E-state index contributed by atoms with van der Waals surface area (Å²) in [4.78, 5) is 2.26. The number of hydrogen-bond donors (Lipinski definition) is 0. The zero-order valence-electron chi connectivity index (χ0n) is 19.0. The van der Waals surface area contributed by atoms with Crippen LogP contribution >= 0.6 is 0 Å². The SMILES string of the molecule is C=CC(=C)C(=C/N(C)Cc1ccc(CC2CC2)cc1)/C(/C=C\CCC)=C(/C)CC. The van der Waals surface area contributed by atoms with Gasteiger partial charge >= 0.3 is 0 Å². The highest BCUT2D eigenvalue weighted by Gasteiger charge is 2.21. The summed E-state index contributed by atoms with van der Waals surface area (Å²) in [5.41, 5.74) is 7.60. The number of hydrogen-bond acceptors (Lipinski definition) is 1. The van der Waals surface area contributed by atoms with E-state index < -0.39 is 0 Å². The van der Waals surface area contributed by atoms with E-state index in [4.69, 9.17) is 0 Å². The number of allylic oxidation sites excluding steroid dienone is 7. The van der Waals surface area contributed by atoms with Crippen LogP contribution in [-0.2, 0) is 13.0 Å². The molecule has 0 atom stereocenters. The van der Waals surface area contributed by atoms with Gasteiger partial charge in [0.2, 0.25) is 0 Å². The predicted octanol–water partition coefficient (Wildman–Crippen LogP) is 7.78. The summed E-state index contributed by atoms with van der Waals surface area (Å²) in [5.74, 6) is 0.937. The van der Waals surface area contributed by atoms with Crippen LogP contribution in [0.1, 0.15) is 64.0 Å². The van der Waals surface area contributed by atoms with Crippen molar-refractivity contribution in [3.63, 3.8) is 0 Å². The minimum Gasteiger partial charge on any atom is -0.376 e. The van der Waals surface area contributed by atoms with Crippen molar-refractivity contribution in [3.8, 4) is 0 Å². The van der Waals surface area contributed by atoms with E-state index in [9.17, 15) is 0 Å². The highest BCUT2D eigenvalue weighted by molar-refractivity contribution is 5.55. The first kappa shape index (κ1) is 23.0. The molecule has 2 rings (SSSR count). The van der Waals surface area contributed by atoms with Crippen molar-refractivity contribution in [2.45, 2.75) is 65.8 Å². The summed E-state index contributed by atoms with van der Waals surface area (Å²) >= 11 is 0. The van der Waals surface area contributed by atoms with E-state index in [-0.39, 0.29) is 0 Å². The molecule has 156 valence electrons. The molecule has 0 unspecified atom stereocenters. The van der Waals surface area contributed by atoms with Gasteiger partial charge in [-0.25, -0.2) is 0 Å². The molecule has 1 nitrogen and oxygen atoms in total. The molecule has 1 heteroatoms. The van der Waals surface area contributed by atoms with Crippen LogP contribution in [0.25, 0.3) is 0 Å². The van der Waals surface area contributed by atoms with E-state index in [0.29, 0.717) is 0 Å². The lowest BCUT2D eigenvalue weighted by atomic mass is 9.93. The van der Waals surface area contributed by atoms with Gasteiger partial charge in [-0.15, -0.1) is 0 Å². The standard InChI is InChI=1S/C28H39N/c1-7-10-11-12-27(22(4)8-2)28(23(5)9-3)21-29(6)20-26-17-15-25(16-18-26)19-24-13-14-24/h9,11-12,15-18,21,24H,3,5,7-8,10,13-14,19-20H2,1-2,4,6H3/b12-11-,27-22-,28-21-. The van der Waals surface area contributed by atoms with E-state index in [1.807, 2.05) is 6.08 Å². The van der Waals surface area contributed by atoms with E-state index in [1.54, 1.807) is 0 Å². The second kappa shape index (κ2) is 11.7.